The van der Waals surface area contributed by atoms with Crippen LogP contribution in [0.5, 0.6) is 0 Å². The summed E-state index contributed by atoms with van der Waals surface area (Å²) in [6.45, 7) is 4.36. The van der Waals surface area contributed by atoms with Crippen molar-refractivity contribution < 1.29 is 14.3 Å². The molecule has 1 saturated heterocycles. The molecule has 2 amide bonds. The second-order valence-electron chi connectivity index (χ2n) is 6.33. The van der Waals surface area contributed by atoms with E-state index in [0.29, 0.717) is 23.5 Å². The molecular weight excluding hydrogens is 330 g/mol. The van der Waals surface area contributed by atoms with Gasteiger partial charge in [0.2, 0.25) is 5.91 Å². The van der Waals surface area contributed by atoms with Crippen LogP contribution < -0.4 is 10.6 Å². The number of benzene rings is 2. The van der Waals surface area contributed by atoms with E-state index in [4.69, 9.17) is 4.74 Å². The molecule has 2 aromatic rings. The van der Waals surface area contributed by atoms with Crippen LogP contribution in [-0.2, 0) is 9.53 Å². The standard InChI is InChI=1S/C20H23N3O3/c1-15-13-23(11-12-26-15)14-19(24)22-18-10-6-5-9-17(18)20(25)21-16-7-3-2-4-8-16/h2-10,15H,11-14H2,1H3,(H,21,25)(H,22,24). The molecule has 3 rings (SSSR count). The molecule has 0 aromatic heterocycles. The molecule has 2 N–H and O–H groups in total. The number of ether oxygens (including phenoxy) is 1. The Labute approximate surface area is 153 Å². The first-order valence-corrected chi connectivity index (χ1v) is 8.71. The van der Waals surface area contributed by atoms with E-state index >= 15 is 0 Å². The second kappa shape index (κ2) is 8.60. The van der Waals surface area contributed by atoms with E-state index < -0.39 is 0 Å². The second-order valence-corrected chi connectivity index (χ2v) is 6.33. The molecular formula is C20H23N3O3. The first-order chi connectivity index (χ1) is 12.6. The lowest BCUT2D eigenvalue weighted by atomic mass is 10.1. The van der Waals surface area contributed by atoms with Gasteiger partial charge in [0.05, 0.1) is 30.5 Å². The fraction of sp³-hybridized carbons (Fsp3) is 0.300. The van der Waals surface area contributed by atoms with Crippen molar-refractivity contribution in [3.05, 3.63) is 60.2 Å². The van der Waals surface area contributed by atoms with Crippen molar-refractivity contribution in [1.82, 2.24) is 4.90 Å². The largest absolute Gasteiger partial charge is 0.376 e. The van der Waals surface area contributed by atoms with Gasteiger partial charge in [-0.15, -0.1) is 0 Å². The fourth-order valence-electron chi connectivity index (χ4n) is 2.94. The molecule has 1 aliphatic rings. The van der Waals surface area contributed by atoms with Gasteiger partial charge in [0.15, 0.2) is 0 Å². The molecule has 0 aliphatic carbocycles. The highest BCUT2D eigenvalue weighted by Gasteiger charge is 2.20. The summed E-state index contributed by atoms with van der Waals surface area (Å²) in [6, 6.07) is 16.2. The summed E-state index contributed by atoms with van der Waals surface area (Å²) in [4.78, 5) is 27.0. The Morgan fingerprint density at radius 1 is 1.08 bits per heavy atom. The van der Waals surface area contributed by atoms with Crippen LogP contribution in [0.1, 0.15) is 17.3 Å². The average molecular weight is 353 g/mol. The summed E-state index contributed by atoms with van der Waals surface area (Å²) >= 11 is 0. The van der Waals surface area contributed by atoms with Crippen molar-refractivity contribution >= 4 is 23.2 Å². The first kappa shape index (κ1) is 18.1. The molecule has 2 aromatic carbocycles. The zero-order valence-corrected chi connectivity index (χ0v) is 14.8. The molecule has 1 atom stereocenters. The fourth-order valence-corrected chi connectivity index (χ4v) is 2.94. The number of anilines is 2. The van der Waals surface area contributed by atoms with Crippen LogP contribution >= 0.6 is 0 Å². The smallest absolute Gasteiger partial charge is 0.257 e. The summed E-state index contributed by atoms with van der Waals surface area (Å²) in [7, 11) is 0. The highest BCUT2D eigenvalue weighted by Crippen LogP contribution is 2.17. The number of morpholine rings is 1. The van der Waals surface area contributed by atoms with Gasteiger partial charge in [-0.2, -0.15) is 0 Å². The average Bonchev–Trinajstić information content (AvgIpc) is 2.63. The Kier molecular flexibility index (Phi) is 5.99. The van der Waals surface area contributed by atoms with Gasteiger partial charge in [0.1, 0.15) is 0 Å². The third-order valence-corrected chi connectivity index (χ3v) is 4.17. The van der Waals surface area contributed by atoms with E-state index in [-0.39, 0.29) is 24.5 Å². The van der Waals surface area contributed by atoms with Gasteiger partial charge in [0.25, 0.3) is 5.91 Å². The maximum absolute atomic E-state index is 12.6. The summed E-state index contributed by atoms with van der Waals surface area (Å²) in [5, 5.41) is 5.70. The Balaban J connectivity index is 1.65. The summed E-state index contributed by atoms with van der Waals surface area (Å²) in [6.07, 6.45) is 0.125. The lowest BCUT2D eigenvalue weighted by Gasteiger charge is -2.30. The topological polar surface area (TPSA) is 70.7 Å². The predicted octanol–water partition coefficient (Wildman–Crippen LogP) is 2.60. The van der Waals surface area contributed by atoms with Crippen LogP contribution in [0.4, 0.5) is 11.4 Å². The Bertz CT molecular complexity index is 764. The molecule has 0 saturated carbocycles. The third kappa shape index (κ3) is 4.91. The van der Waals surface area contributed by atoms with Crippen molar-refractivity contribution in [1.29, 1.82) is 0 Å². The number of para-hydroxylation sites is 2. The Hall–Kier alpha value is -2.70. The minimum absolute atomic E-state index is 0.125. The quantitative estimate of drug-likeness (QED) is 0.867. The maximum atomic E-state index is 12.6. The van der Waals surface area contributed by atoms with Crippen LogP contribution in [0, 0.1) is 0 Å². The summed E-state index contributed by atoms with van der Waals surface area (Å²) < 4.78 is 5.49. The van der Waals surface area contributed by atoms with Gasteiger partial charge >= 0.3 is 0 Å². The van der Waals surface area contributed by atoms with E-state index in [1.165, 1.54) is 0 Å². The van der Waals surface area contributed by atoms with Gasteiger partial charge < -0.3 is 15.4 Å². The van der Waals surface area contributed by atoms with Crippen molar-refractivity contribution in [2.75, 3.05) is 36.9 Å². The zero-order chi connectivity index (χ0) is 18.4. The molecule has 26 heavy (non-hydrogen) atoms. The SMILES string of the molecule is CC1CN(CC(=O)Nc2ccccc2C(=O)Nc2ccccc2)CCO1. The van der Waals surface area contributed by atoms with E-state index in [1.807, 2.05) is 37.3 Å². The normalized spacial score (nSPS) is 17.5. The molecule has 136 valence electrons. The van der Waals surface area contributed by atoms with Crippen LogP contribution in [0.2, 0.25) is 0 Å². The maximum Gasteiger partial charge on any atom is 0.257 e. The lowest BCUT2D eigenvalue weighted by Crippen LogP contribution is -2.44. The van der Waals surface area contributed by atoms with Gasteiger partial charge in [-0.25, -0.2) is 0 Å². The first-order valence-electron chi connectivity index (χ1n) is 8.71. The minimum atomic E-state index is -0.257. The zero-order valence-electron chi connectivity index (χ0n) is 14.8. The highest BCUT2D eigenvalue weighted by molar-refractivity contribution is 6.10. The Morgan fingerprint density at radius 2 is 1.81 bits per heavy atom. The number of amides is 2. The molecule has 1 heterocycles. The molecule has 1 fully saturated rings. The van der Waals surface area contributed by atoms with Gasteiger partial charge in [0, 0.05) is 18.8 Å². The number of nitrogens with zero attached hydrogens (tertiary/aromatic N) is 1. The monoisotopic (exact) mass is 353 g/mol. The van der Waals surface area contributed by atoms with Crippen LogP contribution in [0.3, 0.4) is 0 Å². The van der Waals surface area contributed by atoms with E-state index in [0.717, 1.165) is 13.1 Å². The molecule has 0 bridgehead atoms. The van der Waals surface area contributed by atoms with Crippen molar-refractivity contribution in [3.8, 4) is 0 Å². The number of carbonyl (C=O) groups excluding carboxylic acids is 2. The van der Waals surface area contributed by atoms with Gasteiger partial charge in [-0.05, 0) is 31.2 Å². The molecule has 0 radical (unpaired) electrons. The van der Waals surface area contributed by atoms with Crippen molar-refractivity contribution in [2.24, 2.45) is 0 Å². The summed E-state index contributed by atoms with van der Waals surface area (Å²) in [5.41, 5.74) is 1.65. The van der Waals surface area contributed by atoms with E-state index in [1.54, 1.807) is 24.3 Å². The van der Waals surface area contributed by atoms with Crippen molar-refractivity contribution in [2.45, 2.75) is 13.0 Å². The predicted molar refractivity (Wildman–Crippen MR) is 101 cm³/mol. The number of hydrogen-bond acceptors (Lipinski definition) is 4. The van der Waals surface area contributed by atoms with Crippen molar-refractivity contribution in [3.63, 3.8) is 0 Å². The van der Waals surface area contributed by atoms with E-state index in [2.05, 4.69) is 15.5 Å². The van der Waals surface area contributed by atoms with Gasteiger partial charge in [-0.3, -0.25) is 14.5 Å². The van der Waals surface area contributed by atoms with Crippen LogP contribution in [0.25, 0.3) is 0 Å². The van der Waals surface area contributed by atoms with Gasteiger partial charge in [-0.1, -0.05) is 30.3 Å². The molecule has 6 nitrogen and oxygen atoms in total. The Morgan fingerprint density at radius 3 is 2.58 bits per heavy atom. The van der Waals surface area contributed by atoms with Crippen LogP contribution in [-0.4, -0.2) is 49.1 Å². The summed E-state index contributed by atoms with van der Waals surface area (Å²) in [5.74, 6) is -0.397. The number of rotatable bonds is 5. The van der Waals surface area contributed by atoms with Crippen LogP contribution in [0.15, 0.2) is 54.6 Å². The van der Waals surface area contributed by atoms with E-state index in [9.17, 15) is 9.59 Å². The molecule has 0 spiro atoms. The minimum Gasteiger partial charge on any atom is -0.376 e. The lowest BCUT2D eigenvalue weighted by molar-refractivity contribution is -0.119. The third-order valence-electron chi connectivity index (χ3n) is 4.17. The number of hydrogen-bond donors (Lipinski definition) is 2. The molecule has 1 unspecified atom stereocenters. The highest BCUT2D eigenvalue weighted by atomic mass is 16.5. The molecule has 1 aliphatic heterocycles. The number of nitrogens with one attached hydrogen (secondary N) is 2. The molecule has 6 heteroatoms. The number of carbonyl (C=O) groups is 2.